The molecule has 3 nitrogen and oxygen atoms in total. The first-order valence-electron chi connectivity index (χ1n) is 9.37. The van der Waals surface area contributed by atoms with Crippen molar-refractivity contribution in [1.82, 2.24) is 0 Å². The van der Waals surface area contributed by atoms with Crippen LogP contribution in [-0.2, 0) is 4.79 Å². The summed E-state index contributed by atoms with van der Waals surface area (Å²) in [5.41, 5.74) is 0. The zero-order valence-corrected chi connectivity index (χ0v) is 17.1. The fourth-order valence-electron chi connectivity index (χ4n) is 4.32. The maximum atomic E-state index is 14.0. The van der Waals surface area contributed by atoms with E-state index in [9.17, 15) is 13.6 Å². The number of carbonyl (C=O) groups excluding carboxylic acids is 1. The predicted molar refractivity (Wildman–Crippen MR) is 104 cm³/mol. The van der Waals surface area contributed by atoms with E-state index in [1.54, 1.807) is 0 Å². The van der Waals surface area contributed by atoms with Gasteiger partial charge in [-0.05, 0) is 75.3 Å². The molecule has 2 aliphatic carbocycles. The summed E-state index contributed by atoms with van der Waals surface area (Å²) in [5, 5.41) is 0. The van der Waals surface area contributed by atoms with Gasteiger partial charge >= 0.3 is 5.97 Å². The molecule has 26 heavy (non-hydrogen) atoms. The third-order valence-corrected chi connectivity index (χ3v) is 7.16. The van der Waals surface area contributed by atoms with Gasteiger partial charge in [0, 0.05) is 3.92 Å². The van der Waals surface area contributed by atoms with Gasteiger partial charge in [-0.15, -0.1) is 0 Å². The van der Waals surface area contributed by atoms with E-state index in [1.165, 1.54) is 44.9 Å². The van der Waals surface area contributed by atoms with E-state index >= 15 is 0 Å². The molecule has 0 aliphatic heterocycles. The van der Waals surface area contributed by atoms with Gasteiger partial charge in [0.05, 0.1) is 13.0 Å². The van der Waals surface area contributed by atoms with Crippen molar-refractivity contribution in [2.45, 2.75) is 55.3 Å². The van der Waals surface area contributed by atoms with Gasteiger partial charge in [-0.2, -0.15) is 8.78 Å². The summed E-state index contributed by atoms with van der Waals surface area (Å²) in [5.74, 6) is -2.09. The maximum Gasteiger partial charge on any atom is 0.314 e. The van der Waals surface area contributed by atoms with Crippen LogP contribution in [0.5, 0.6) is 11.5 Å². The summed E-state index contributed by atoms with van der Waals surface area (Å²) in [6, 6.07) is 2.50. The molecule has 2 aliphatic rings. The van der Waals surface area contributed by atoms with Crippen molar-refractivity contribution in [2.75, 3.05) is 7.11 Å². The average molecular weight is 478 g/mol. The fourth-order valence-corrected chi connectivity index (χ4v) is 5.04. The number of benzene rings is 1. The summed E-state index contributed by atoms with van der Waals surface area (Å²) < 4.78 is 38.4. The minimum absolute atomic E-state index is 0.205. The number of hydrogen-bond acceptors (Lipinski definition) is 3. The zero-order valence-electron chi connectivity index (χ0n) is 15.0. The quantitative estimate of drug-likeness (QED) is 0.242. The van der Waals surface area contributed by atoms with Crippen LogP contribution in [0.1, 0.15) is 51.4 Å². The Morgan fingerprint density at radius 1 is 0.923 bits per heavy atom. The number of methoxy groups -OCH3 is 1. The van der Waals surface area contributed by atoms with Gasteiger partial charge in [0.25, 0.3) is 0 Å². The van der Waals surface area contributed by atoms with Gasteiger partial charge in [0.15, 0.2) is 11.5 Å². The maximum absolute atomic E-state index is 14.0. The first kappa shape index (κ1) is 19.8. The molecule has 0 heterocycles. The second-order valence-corrected chi connectivity index (χ2v) is 9.20. The molecule has 0 radical (unpaired) electrons. The number of hydrogen-bond donors (Lipinski definition) is 0. The van der Waals surface area contributed by atoms with Crippen molar-refractivity contribution < 1.29 is 23.0 Å². The summed E-state index contributed by atoms with van der Waals surface area (Å²) in [6.07, 6.45) is 8.78. The molecule has 2 saturated carbocycles. The van der Waals surface area contributed by atoms with Crippen molar-refractivity contribution in [1.29, 1.82) is 0 Å². The molecule has 0 atom stereocenters. The average Bonchev–Trinajstić information content (AvgIpc) is 2.66. The highest BCUT2D eigenvalue weighted by Crippen LogP contribution is 2.41. The Morgan fingerprint density at radius 3 is 2.00 bits per heavy atom. The van der Waals surface area contributed by atoms with Gasteiger partial charge in [-0.3, -0.25) is 4.79 Å². The summed E-state index contributed by atoms with van der Waals surface area (Å²) in [4.78, 5) is 12.4. The predicted octanol–water partition coefficient (Wildman–Crippen LogP) is 5.68. The standard InChI is InChI=1S/C20H25F2IO3/c1-25-16-10-11-17(19(22)18(16)21)26-20(24)14-4-2-12(3-5-14)13-6-8-15(23)9-7-13/h10-15H,2-9H2,1H3. The molecule has 0 aromatic heterocycles. The molecule has 2 fully saturated rings. The zero-order chi connectivity index (χ0) is 18.7. The highest BCUT2D eigenvalue weighted by Gasteiger charge is 2.33. The van der Waals surface area contributed by atoms with Crippen LogP contribution in [0.2, 0.25) is 0 Å². The largest absolute Gasteiger partial charge is 0.494 e. The molecular formula is C20H25F2IO3. The van der Waals surface area contributed by atoms with Crippen LogP contribution in [0.15, 0.2) is 12.1 Å². The highest BCUT2D eigenvalue weighted by molar-refractivity contribution is 14.1. The van der Waals surface area contributed by atoms with E-state index in [0.29, 0.717) is 5.92 Å². The summed E-state index contributed by atoms with van der Waals surface area (Å²) >= 11 is 2.54. The Kier molecular flexibility index (Phi) is 6.75. The molecule has 0 N–H and O–H groups in total. The molecule has 0 amide bonds. The molecule has 6 heteroatoms. The number of halogens is 3. The molecule has 1 aromatic rings. The third kappa shape index (κ3) is 4.49. The molecular weight excluding hydrogens is 453 g/mol. The van der Waals surface area contributed by atoms with Gasteiger partial charge in [-0.1, -0.05) is 22.6 Å². The molecule has 3 rings (SSSR count). The monoisotopic (exact) mass is 478 g/mol. The first-order chi connectivity index (χ1) is 12.5. The molecule has 1 aromatic carbocycles. The van der Waals surface area contributed by atoms with Crippen LogP contribution in [0.3, 0.4) is 0 Å². The Labute approximate surface area is 167 Å². The smallest absolute Gasteiger partial charge is 0.314 e. The fraction of sp³-hybridized carbons (Fsp3) is 0.650. The van der Waals surface area contributed by atoms with Crippen molar-refractivity contribution in [3.63, 3.8) is 0 Å². The Balaban J connectivity index is 1.53. The Bertz CT molecular complexity index is 636. The lowest BCUT2D eigenvalue weighted by Gasteiger charge is -2.36. The second-order valence-electron chi connectivity index (χ2n) is 7.44. The number of ether oxygens (including phenoxy) is 2. The normalized spacial score (nSPS) is 29.2. The van der Waals surface area contributed by atoms with E-state index in [2.05, 4.69) is 22.6 Å². The number of esters is 1. The van der Waals surface area contributed by atoms with Gasteiger partial charge < -0.3 is 9.47 Å². The SMILES string of the molecule is COc1ccc(OC(=O)C2CCC(C3CCC(I)CC3)CC2)c(F)c1F. The lowest BCUT2D eigenvalue weighted by molar-refractivity contribution is -0.140. The Morgan fingerprint density at radius 2 is 1.42 bits per heavy atom. The molecule has 0 saturated heterocycles. The minimum atomic E-state index is -1.18. The molecule has 0 bridgehead atoms. The number of carbonyl (C=O) groups is 1. The lowest BCUT2D eigenvalue weighted by Crippen LogP contribution is -2.30. The van der Waals surface area contributed by atoms with Crippen LogP contribution in [0.4, 0.5) is 8.78 Å². The second kappa shape index (κ2) is 8.85. The van der Waals surface area contributed by atoms with Gasteiger partial charge in [0.2, 0.25) is 11.6 Å². The van der Waals surface area contributed by atoms with Crippen LogP contribution in [-0.4, -0.2) is 17.0 Å². The minimum Gasteiger partial charge on any atom is -0.494 e. The number of rotatable bonds is 4. The highest BCUT2D eigenvalue weighted by atomic mass is 127. The molecule has 144 valence electrons. The van der Waals surface area contributed by atoms with Crippen LogP contribution < -0.4 is 9.47 Å². The topological polar surface area (TPSA) is 35.5 Å². The third-order valence-electron chi connectivity index (χ3n) is 5.92. The number of alkyl halides is 1. The molecule has 0 unspecified atom stereocenters. The van der Waals surface area contributed by atoms with E-state index in [0.717, 1.165) is 35.5 Å². The van der Waals surface area contributed by atoms with Crippen LogP contribution in [0.25, 0.3) is 0 Å². The Hall–Kier alpha value is -0.920. The summed E-state index contributed by atoms with van der Waals surface area (Å²) in [7, 11) is 1.26. The van der Waals surface area contributed by atoms with Crippen LogP contribution in [0, 0.1) is 29.4 Å². The van der Waals surface area contributed by atoms with Crippen molar-refractivity contribution in [3.8, 4) is 11.5 Å². The van der Waals surface area contributed by atoms with Gasteiger partial charge in [0.1, 0.15) is 0 Å². The van der Waals surface area contributed by atoms with Crippen molar-refractivity contribution >= 4 is 28.6 Å². The van der Waals surface area contributed by atoms with Crippen LogP contribution >= 0.6 is 22.6 Å². The van der Waals surface area contributed by atoms with Crippen molar-refractivity contribution in [2.24, 2.45) is 17.8 Å². The summed E-state index contributed by atoms with van der Waals surface area (Å²) in [6.45, 7) is 0. The lowest BCUT2D eigenvalue weighted by atomic mass is 9.71. The van der Waals surface area contributed by atoms with Crippen molar-refractivity contribution in [3.05, 3.63) is 23.8 Å². The van der Waals surface area contributed by atoms with E-state index < -0.39 is 17.6 Å². The first-order valence-corrected chi connectivity index (χ1v) is 10.6. The van der Waals surface area contributed by atoms with E-state index in [4.69, 9.17) is 9.47 Å². The van der Waals surface area contributed by atoms with E-state index in [1.807, 2.05) is 0 Å². The van der Waals surface area contributed by atoms with Gasteiger partial charge in [-0.25, -0.2) is 0 Å². The molecule has 0 spiro atoms. The van der Waals surface area contributed by atoms with E-state index in [-0.39, 0.29) is 17.4 Å².